The van der Waals surface area contributed by atoms with Gasteiger partial charge < -0.3 is 5.32 Å². The first-order valence-corrected chi connectivity index (χ1v) is 8.66. The van der Waals surface area contributed by atoms with Crippen LogP contribution in [0.5, 0.6) is 0 Å². The second-order valence-corrected chi connectivity index (χ2v) is 6.63. The van der Waals surface area contributed by atoms with Gasteiger partial charge in [0.15, 0.2) is 23.3 Å². The van der Waals surface area contributed by atoms with E-state index in [2.05, 4.69) is 5.32 Å². The maximum atomic E-state index is 13.8. The molecule has 2 nitrogen and oxygen atoms in total. The van der Waals surface area contributed by atoms with Crippen LogP contribution in [0.15, 0.2) is 47.8 Å². The quantitative estimate of drug-likeness (QED) is 0.371. The first-order valence-electron chi connectivity index (χ1n) is 7.78. The number of halogens is 5. The minimum absolute atomic E-state index is 0.611. The Hall–Kier alpha value is -2.74. The van der Waals surface area contributed by atoms with E-state index in [4.69, 9.17) is 0 Å². The summed E-state index contributed by atoms with van der Waals surface area (Å²) >= 11 is 1.35. The molecule has 1 N–H and O–H groups in total. The second kappa shape index (κ2) is 7.87. The number of carbonyl (C=O) groups excluding carboxylic acids is 1. The van der Waals surface area contributed by atoms with Crippen LogP contribution in [-0.4, -0.2) is 5.91 Å². The molecule has 0 bridgehead atoms. The first kappa shape index (κ1) is 19.0. The average molecular weight is 397 g/mol. The fourth-order valence-electron chi connectivity index (χ4n) is 2.60. The predicted molar refractivity (Wildman–Crippen MR) is 90.7 cm³/mol. The molecule has 1 atom stereocenters. The molecule has 0 saturated carbocycles. The maximum absolute atomic E-state index is 13.8. The number of hydrogen-bond donors (Lipinski definition) is 1. The molecule has 3 rings (SSSR count). The highest BCUT2D eigenvalue weighted by molar-refractivity contribution is 7.10. The SMILES string of the molecule is O=C(Cc1c(F)c(F)c(F)c(F)c1F)NC(c1ccccc1)c1cccs1. The van der Waals surface area contributed by atoms with Crippen LogP contribution in [0.3, 0.4) is 0 Å². The summed E-state index contributed by atoms with van der Waals surface area (Å²) in [5, 5.41) is 4.38. The van der Waals surface area contributed by atoms with E-state index in [9.17, 15) is 26.7 Å². The molecule has 0 saturated heterocycles. The predicted octanol–water partition coefficient (Wildman–Crippen LogP) is 4.89. The highest BCUT2D eigenvalue weighted by atomic mass is 32.1. The summed E-state index contributed by atoms with van der Waals surface area (Å²) in [7, 11) is 0. The molecule has 0 radical (unpaired) electrons. The third-order valence-electron chi connectivity index (χ3n) is 3.90. The second-order valence-electron chi connectivity index (χ2n) is 5.65. The molecule has 0 aliphatic carbocycles. The average Bonchev–Trinajstić information content (AvgIpc) is 3.21. The summed E-state index contributed by atoms with van der Waals surface area (Å²) < 4.78 is 67.3. The van der Waals surface area contributed by atoms with Gasteiger partial charge in [-0.2, -0.15) is 0 Å². The monoisotopic (exact) mass is 397 g/mol. The molecule has 3 aromatic rings. The molecule has 1 aromatic heterocycles. The number of rotatable bonds is 5. The molecule has 1 unspecified atom stereocenters. The zero-order valence-corrected chi connectivity index (χ0v) is 14.4. The van der Waals surface area contributed by atoms with Gasteiger partial charge in [0.1, 0.15) is 0 Å². The van der Waals surface area contributed by atoms with Gasteiger partial charge in [0.2, 0.25) is 11.7 Å². The van der Waals surface area contributed by atoms with E-state index < -0.39 is 53.0 Å². The van der Waals surface area contributed by atoms with Crippen molar-refractivity contribution in [3.05, 3.63) is 92.9 Å². The van der Waals surface area contributed by atoms with Crippen molar-refractivity contribution in [1.29, 1.82) is 0 Å². The van der Waals surface area contributed by atoms with E-state index in [1.807, 2.05) is 0 Å². The number of thiophene rings is 1. The lowest BCUT2D eigenvalue weighted by Gasteiger charge is -2.18. The molecule has 0 aliphatic heterocycles. The maximum Gasteiger partial charge on any atom is 0.225 e. The van der Waals surface area contributed by atoms with Gasteiger partial charge in [-0.3, -0.25) is 4.79 Å². The van der Waals surface area contributed by atoms with E-state index >= 15 is 0 Å². The van der Waals surface area contributed by atoms with Gasteiger partial charge in [0.25, 0.3) is 0 Å². The van der Waals surface area contributed by atoms with Crippen LogP contribution < -0.4 is 5.32 Å². The molecule has 1 amide bonds. The number of amides is 1. The van der Waals surface area contributed by atoms with Crippen LogP contribution in [0.2, 0.25) is 0 Å². The standard InChI is InChI=1S/C19H12F5NOS/c20-14-11(15(21)17(23)18(24)16(14)22)9-13(26)25-19(12-7-4-8-27-12)10-5-2-1-3-6-10/h1-8,19H,9H2,(H,25,26). The Bertz CT molecular complexity index is 931. The van der Waals surface area contributed by atoms with Gasteiger partial charge in [-0.05, 0) is 17.0 Å². The molecular weight excluding hydrogens is 385 g/mol. The van der Waals surface area contributed by atoms with E-state index in [0.717, 1.165) is 4.88 Å². The molecule has 0 fully saturated rings. The Kier molecular flexibility index (Phi) is 5.55. The van der Waals surface area contributed by atoms with E-state index in [0.29, 0.717) is 5.56 Å². The zero-order valence-electron chi connectivity index (χ0n) is 13.6. The Morgan fingerprint density at radius 1 is 0.852 bits per heavy atom. The van der Waals surface area contributed by atoms with Gasteiger partial charge in [0, 0.05) is 10.4 Å². The molecule has 8 heteroatoms. The van der Waals surface area contributed by atoms with Gasteiger partial charge in [-0.15, -0.1) is 11.3 Å². The summed E-state index contributed by atoms with van der Waals surface area (Å²) in [6, 6.07) is 11.7. The summed E-state index contributed by atoms with van der Waals surface area (Å²) in [5.74, 6) is -11.3. The van der Waals surface area contributed by atoms with Crippen LogP contribution in [-0.2, 0) is 11.2 Å². The Balaban J connectivity index is 1.88. The van der Waals surface area contributed by atoms with Crippen LogP contribution in [0.1, 0.15) is 22.0 Å². The number of hydrogen-bond acceptors (Lipinski definition) is 2. The molecule has 1 heterocycles. The lowest BCUT2D eigenvalue weighted by molar-refractivity contribution is -0.121. The van der Waals surface area contributed by atoms with Crippen molar-refractivity contribution in [3.63, 3.8) is 0 Å². The smallest absolute Gasteiger partial charge is 0.225 e. The number of nitrogens with one attached hydrogen (secondary N) is 1. The van der Waals surface area contributed by atoms with E-state index in [-0.39, 0.29) is 0 Å². The Morgan fingerprint density at radius 3 is 2.00 bits per heavy atom. The largest absolute Gasteiger partial charge is 0.344 e. The van der Waals surface area contributed by atoms with Crippen molar-refractivity contribution in [1.82, 2.24) is 5.32 Å². The minimum Gasteiger partial charge on any atom is -0.344 e. The van der Waals surface area contributed by atoms with E-state index in [1.165, 1.54) is 11.3 Å². The van der Waals surface area contributed by atoms with Gasteiger partial charge >= 0.3 is 0 Å². The summed E-state index contributed by atoms with van der Waals surface area (Å²) in [6.07, 6.45) is -0.986. The fraction of sp³-hybridized carbons (Fsp3) is 0.105. The molecular formula is C19H12F5NOS. The fourth-order valence-corrected chi connectivity index (χ4v) is 3.40. The van der Waals surface area contributed by atoms with Crippen molar-refractivity contribution < 1.29 is 26.7 Å². The first-order chi connectivity index (χ1) is 12.9. The minimum atomic E-state index is -2.25. The highest BCUT2D eigenvalue weighted by Gasteiger charge is 2.27. The van der Waals surface area contributed by atoms with Crippen LogP contribution in [0.25, 0.3) is 0 Å². The highest BCUT2D eigenvalue weighted by Crippen LogP contribution is 2.27. The van der Waals surface area contributed by atoms with Crippen molar-refractivity contribution in [2.45, 2.75) is 12.5 Å². The Labute approximate surface area is 155 Å². The molecule has 27 heavy (non-hydrogen) atoms. The third kappa shape index (κ3) is 3.85. The lowest BCUT2D eigenvalue weighted by atomic mass is 10.0. The third-order valence-corrected chi connectivity index (χ3v) is 4.84. The van der Waals surface area contributed by atoms with Crippen molar-refractivity contribution >= 4 is 17.2 Å². The molecule has 0 aliphatic rings. The molecule has 2 aromatic carbocycles. The summed E-state index contributed by atoms with van der Waals surface area (Å²) in [5.41, 5.74) is -0.451. The topological polar surface area (TPSA) is 29.1 Å². The van der Waals surface area contributed by atoms with E-state index in [1.54, 1.807) is 47.8 Å². The molecule has 140 valence electrons. The van der Waals surface area contributed by atoms with Crippen molar-refractivity contribution in [3.8, 4) is 0 Å². The number of carbonyl (C=O) groups is 1. The summed E-state index contributed by atoms with van der Waals surface area (Å²) in [4.78, 5) is 13.1. The van der Waals surface area contributed by atoms with Crippen LogP contribution in [0, 0.1) is 29.1 Å². The van der Waals surface area contributed by atoms with Crippen LogP contribution >= 0.6 is 11.3 Å². The Morgan fingerprint density at radius 2 is 1.44 bits per heavy atom. The summed E-state index contributed by atoms with van der Waals surface area (Å²) in [6.45, 7) is 0. The van der Waals surface area contributed by atoms with Crippen LogP contribution in [0.4, 0.5) is 22.0 Å². The van der Waals surface area contributed by atoms with Crippen molar-refractivity contribution in [2.24, 2.45) is 0 Å². The van der Waals surface area contributed by atoms with Gasteiger partial charge in [-0.1, -0.05) is 36.4 Å². The molecule has 0 spiro atoms. The zero-order chi connectivity index (χ0) is 19.6. The normalized spacial score (nSPS) is 12.0. The van der Waals surface area contributed by atoms with Crippen molar-refractivity contribution in [2.75, 3.05) is 0 Å². The van der Waals surface area contributed by atoms with Gasteiger partial charge in [0.05, 0.1) is 12.5 Å². The lowest BCUT2D eigenvalue weighted by Crippen LogP contribution is -2.31. The van der Waals surface area contributed by atoms with Gasteiger partial charge in [-0.25, -0.2) is 22.0 Å². The number of benzene rings is 2.